The van der Waals surface area contributed by atoms with Crippen LogP contribution in [0.4, 0.5) is 5.69 Å². The zero-order valence-corrected chi connectivity index (χ0v) is 11.6. The van der Waals surface area contributed by atoms with Crippen LogP contribution in [0.5, 0.6) is 0 Å². The summed E-state index contributed by atoms with van der Waals surface area (Å²) in [5.41, 5.74) is 7.41. The fraction of sp³-hybridized carbons (Fsp3) is 0.571. The maximum atomic E-state index is 5.94. The second-order valence-corrected chi connectivity index (χ2v) is 5.63. The second kappa shape index (κ2) is 4.81. The van der Waals surface area contributed by atoms with E-state index in [2.05, 4.69) is 28.8 Å². The molecule has 0 aromatic carbocycles. The fourth-order valence-corrected chi connectivity index (χ4v) is 2.80. The van der Waals surface area contributed by atoms with Gasteiger partial charge in [0.05, 0.1) is 5.69 Å². The van der Waals surface area contributed by atoms with Crippen molar-refractivity contribution >= 4 is 11.3 Å². The summed E-state index contributed by atoms with van der Waals surface area (Å²) in [6.45, 7) is 6.73. The van der Waals surface area contributed by atoms with E-state index < -0.39 is 0 Å². The molecule has 0 amide bonds. The molecule has 102 valence electrons. The number of nitrogen functional groups attached to an aromatic ring is 1. The Morgan fingerprint density at radius 2 is 2.26 bits per heavy atom. The number of nitrogens with zero attached hydrogens (tertiary/aromatic N) is 4. The molecule has 3 heterocycles. The van der Waals surface area contributed by atoms with Crippen LogP contribution in [-0.2, 0) is 0 Å². The zero-order valence-electron chi connectivity index (χ0n) is 11.6. The maximum Gasteiger partial charge on any atom is 0.178 e. The zero-order chi connectivity index (χ0) is 13.4. The molecule has 5 nitrogen and oxygen atoms in total. The van der Waals surface area contributed by atoms with Crippen LogP contribution in [-0.4, -0.2) is 38.6 Å². The Hall–Kier alpha value is -1.62. The van der Waals surface area contributed by atoms with Crippen LogP contribution in [0.2, 0.25) is 0 Å². The van der Waals surface area contributed by atoms with Crippen LogP contribution in [0.25, 0.3) is 5.65 Å². The Labute approximate surface area is 113 Å². The van der Waals surface area contributed by atoms with Gasteiger partial charge in [-0.15, -0.1) is 0 Å². The van der Waals surface area contributed by atoms with E-state index in [1.807, 2.05) is 18.3 Å². The smallest absolute Gasteiger partial charge is 0.178 e. The first-order valence-electron chi connectivity index (χ1n) is 7.00. The number of aromatic nitrogens is 3. The first-order valence-corrected chi connectivity index (χ1v) is 7.00. The minimum absolute atomic E-state index is 0.426. The number of pyridine rings is 1. The largest absolute Gasteiger partial charge is 0.396 e. The highest BCUT2D eigenvalue weighted by molar-refractivity contribution is 5.63. The molecule has 0 aliphatic carbocycles. The molecular formula is C14H21N5. The summed E-state index contributed by atoms with van der Waals surface area (Å²) in [7, 11) is 0. The van der Waals surface area contributed by atoms with Gasteiger partial charge in [-0.2, -0.15) is 5.10 Å². The molecule has 2 aromatic rings. The van der Waals surface area contributed by atoms with E-state index in [9.17, 15) is 0 Å². The lowest BCUT2D eigenvalue weighted by Crippen LogP contribution is -2.39. The van der Waals surface area contributed by atoms with E-state index in [1.54, 1.807) is 4.52 Å². The SMILES string of the molecule is CC(C)N1CCCC(c2nc3c(N)cccn3n2)C1. The van der Waals surface area contributed by atoms with Crippen LogP contribution in [0.3, 0.4) is 0 Å². The summed E-state index contributed by atoms with van der Waals surface area (Å²) >= 11 is 0. The van der Waals surface area contributed by atoms with Gasteiger partial charge in [0.1, 0.15) is 0 Å². The molecule has 19 heavy (non-hydrogen) atoms. The topological polar surface area (TPSA) is 59.5 Å². The third-order valence-electron chi connectivity index (χ3n) is 3.96. The third-order valence-corrected chi connectivity index (χ3v) is 3.96. The third kappa shape index (κ3) is 2.30. The molecule has 1 atom stereocenters. The van der Waals surface area contributed by atoms with E-state index in [0.717, 1.165) is 18.0 Å². The second-order valence-electron chi connectivity index (χ2n) is 5.63. The summed E-state index contributed by atoms with van der Waals surface area (Å²) in [5, 5.41) is 4.59. The summed E-state index contributed by atoms with van der Waals surface area (Å²) in [6, 6.07) is 4.36. The van der Waals surface area contributed by atoms with Crippen molar-refractivity contribution in [3.8, 4) is 0 Å². The molecule has 0 saturated carbocycles. The molecule has 1 fully saturated rings. The minimum atomic E-state index is 0.426. The Balaban J connectivity index is 1.89. The van der Waals surface area contributed by atoms with Gasteiger partial charge in [0.2, 0.25) is 0 Å². The molecule has 1 aliphatic rings. The molecule has 1 aliphatic heterocycles. The maximum absolute atomic E-state index is 5.94. The molecule has 5 heteroatoms. The summed E-state index contributed by atoms with van der Waals surface area (Å²) in [6.07, 6.45) is 4.29. The lowest BCUT2D eigenvalue weighted by atomic mass is 9.96. The van der Waals surface area contributed by atoms with Gasteiger partial charge < -0.3 is 10.6 Å². The number of fused-ring (bicyclic) bond motifs is 1. The molecule has 2 aromatic heterocycles. The van der Waals surface area contributed by atoms with Gasteiger partial charge in [0.15, 0.2) is 11.5 Å². The van der Waals surface area contributed by atoms with Gasteiger partial charge in [-0.3, -0.25) is 0 Å². The number of nitrogens with two attached hydrogens (primary N) is 1. The quantitative estimate of drug-likeness (QED) is 0.895. The average molecular weight is 259 g/mol. The molecule has 3 rings (SSSR count). The Morgan fingerprint density at radius 3 is 3.00 bits per heavy atom. The minimum Gasteiger partial charge on any atom is -0.396 e. The van der Waals surface area contributed by atoms with Crippen LogP contribution in [0.15, 0.2) is 18.3 Å². The number of likely N-dealkylation sites (tertiary alicyclic amines) is 1. The highest BCUT2D eigenvalue weighted by Crippen LogP contribution is 2.26. The summed E-state index contributed by atoms with van der Waals surface area (Å²) in [5.74, 6) is 1.36. The van der Waals surface area contributed by atoms with Crippen molar-refractivity contribution in [3.05, 3.63) is 24.2 Å². The number of rotatable bonds is 2. The van der Waals surface area contributed by atoms with Gasteiger partial charge >= 0.3 is 0 Å². The molecule has 1 saturated heterocycles. The van der Waals surface area contributed by atoms with Crippen molar-refractivity contribution in [1.82, 2.24) is 19.5 Å². The van der Waals surface area contributed by atoms with Crippen molar-refractivity contribution < 1.29 is 0 Å². The lowest BCUT2D eigenvalue weighted by molar-refractivity contribution is 0.165. The summed E-state index contributed by atoms with van der Waals surface area (Å²) < 4.78 is 1.79. The van der Waals surface area contributed by atoms with E-state index in [4.69, 9.17) is 5.73 Å². The van der Waals surface area contributed by atoms with Crippen LogP contribution >= 0.6 is 0 Å². The number of anilines is 1. The monoisotopic (exact) mass is 259 g/mol. The number of hydrogen-bond acceptors (Lipinski definition) is 4. The Morgan fingerprint density at radius 1 is 1.42 bits per heavy atom. The predicted molar refractivity (Wildman–Crippen MR) is 76.1 cm³/mol. The van der Waals surface area contributed by atoms with Crippen molar-refractivity contribution in [3.63, 3.8) is 0 Å². The molecule has 0 bridgehead atoms. The summed E-state index contributed by atoms with van der Waals surface area (Å²) in [4.78, 5) is 7.13. The molecule has 0 spiro atoms. The molecule has 2 N–H and O–H groups in total. The van der Waals surface area contributed by atoms with Crippen LogP contribution in [0, 0.1) is 0 Å². The van der Waals surface area contributed by atoms with Gasteiger partial charge in [-0.1, -0.05) is 0 Å². The first kappa shape index (κ1) is 12.4. The predicted octanol–water partition coefficient (Wildman–Crippen LogP) is 1.90. The first-order chi connectivity index (χ1) is 9.15. The van der Waals surface area contributed by atoms with E-state index in [1.165, 1.54) is 19.4 Å². The van der Waals surface area contributed by atoms with Crippen LogP contribution in [0.1, 0.15) is 38.4 Å². The Bertz CT molecular complexity index is 574. The van der Waals surface area contributed by atoms with Gasteiger partial charge in [0, 0.05) is 24.7 Å². The molecule has 0 radical (unpaired) electrons. The molecular weight excluding hydrogens is 238 g/mol. The van der Waals surface area contributed by atoms with Crippen molar-refractivity contribution in [2.45, 2.75) is 38.6 Å². The average Bonchev–Trinajstić information content (AvgIpc) is 2.84. The van der Waals surface area contributed by atoms with Crippen molar-refractivity contribution in [1.29, 1.82) is 0 Å². The standard InChI is InChI=1S/C14H21N5/c1-10(2)18-7-3-5-11(9-18)13-16-14-12(15)6-4-8-19(14)17-13/h4,6,8,10-11H,3,5,7,9,15H2,1-2H3. The lowest BCUT2D eigenvalue weighted by Gasteiger charge is -2.34. The van der Waals surface area contributed by atoms with Gasteiger partial charge in [-0.05, 0) is 45.4 Å². The normalized spacial score (nSPS) is 21.3. The molecule has 1 unspecified atom stereocenters. The highest BCUT2D eigenvalue weighted by Gasteiger charge is 2.26. The van der Waals surface area contributed by atoms with Gasteiger partial charge in [-0.25, -0.2) is 9.50 Å². The Kier molecular flexibility index (Phi) is 3.14. The fourth-order valence-electron chi connectivity index (χ4n) is 2.80. The van der Waals surface area contributed by atoms with Crippen molar-refractivity contribution in [2.75, 3.05) is 18.8 Å². The van der Waals surface area contributed by atoms with Gasteiger partial charge in [0.25, 0.3) is 0 Å². The van der Waals surface area contributed by atoms with E-state index in [0.29, 0.717) is 17.6 Å². The van der Waals surface area contributed by atoms with E-state index in [-0.39, 0.29) is 0 Å². The van der Waals surface area contributed by atoms with Crippen LogP contribution < -0.4 is 5.73 Å². The van der Waals surface area contributed by atoms with Crippen molar-refractivity contribution in [2.24, 2.45) is 0 Å². The van der Waals surface area contributed by atoms with E-state index >= 15 is 0 Å². The number of piperidine rings is 1. The highest BCUT2D eigenvalue weighted by atomic mass is 15.3. The number of hydrogen-bond donors (Lipinski definition) is 1.